The van der Waals surface area contributed by atoms with Crippen molar-refractivity contribution in [3.8, 4) is 0 Å². The van der Waals surface area contributed by atoms with Crippen molar-refractivity contribution in [1.29, 1.82) is 0 Å². The van der Waals surface area contributed by atoms with E-state index in [0.717, 1.165) is 17.5 Å². The molecule has 3 heteroatoms. The summed E-state index contributed by atoms with van der Waals surface area (Å²) in [4.78, 5) is 0. The Morgan fingerprint density at radius 2 is 2.42 bits per heavy atom. The molecule has 1 aromatic carbocycles. The topological polar surface area (TPSA) is 38.9 Å². The third-order valence-corrected chi connectivity index (χ3v) is 1.69. The van der Waals surface area contributed by atoms with Gasteiger partial charge >= 0.3 is 0 Å². The monoisotopic (exact) mass is 160 g/mol. The molecule has 2 rings (SSSR count). The molecule has 0 radical (unpaired) electrons. The summed E-state index contributed by atoms with van der Waals surface area (Å²) in [6, 6.07) is 5.80. The second-order valence-electron chi connectivity index (χ2n) is 2.57. The summed E-state index contributed by atoms with van der Waals surface area (Å²) < 4.78 is 4.86. The van der Waals surface area contributed by atoms with Crippen molar-refractivity contribution in [2.45, 2.75) is 6.42 Å². The zero-order chi connectivity index (χ0) is 8.39. The van der Waals surface area contributed by atoms with E-state index in [9.17, 15) is 0 Å². The van der Waals surface area contributed by atoms with Crippen LogP contribution in [0.5, 0.6) is 0 Å². The van der Waals surface area contributed by atoms with E-state index >= 15 is 0 Å². The fourth-order valence-corrected chi connectivity index (χ4v) is 1.12. The smallest absolute Gasteiger partial charge is 0.187 e. The van der Waals surface area contributed by atoms with Crippen molar-refractivity contribution >= 4 is 11.1 Å². The van der Waals surface area contributed by atoms with Crippen LogP contribution in [0, 0.1) is 0 Å². The van der Waals surface area contributed by atoms with Crippen molar-refractivity contribution in [2.75, 3.05) is 0 Å². The minimum atomic E-state index is 0.725. The molecule has 0 fully saturated rings. The van der Waals surface area contributed by atoms with Crippen molar-refractivity contribution < 1.29 is 4.52 Å². The maximum Gasteiger partial charge on any atom is 0.187 e. The second-order valence-corrected chi connectivity index (χ2v) is 2.57. The molecule has 0 spiro atoms. The van der Waals surface area contributed by atoms with Crippen molar-refractivity contribution in [3.05, 3.63) is 36.4 Å². The molecule has 0 atom stereocenters. The van der Waals surface area contributed by atoms with Crippen LogP contribution in [0.15, 0.2) is 35.4 Å². The largest absolute Gasteiger partial charge is 0.337 e. The van der Waals surface area contributed by atoms with E-state index in [4.69, 9.17) is 4.52 Å². The number of rotatable bonds is 2. The highest BCUT2D eigenvalue weighted by molar-refractivity contribution is 5.72. The first-order valence-corrected chi connectivity index (χ1v) is 3.72. The molecular formula is C9H8N2O. The lowest BCUT2D eigenvalue weighted by atomic mass is 10.1. The predicted molar refractivity (Wildman–Crippen MR) is 45.7 cm³/mol. The summed E-state index contributed by atoms with van der Waals surface area (Å²) >= 11 is 0. The molecule has 1 heterocycles. The van der Waals surface area contributed by atoms with E-state index in [1.807, 2.05) is 24.3 Å². The summed E-state index contributed by atoms with van der Waals surface area (Å²) in [5, 5.41) is 7.26. The van der Waals surface area contributed by atoms with Gasteiger partial charge in [-0.05, 0) is 24.1 Å². The highest BCUT2D eigenvalue weighted by Gasteiger charge is 1.99. The lowest BCUT2D eigenvalue weighted by molar-refractivity contribution is 0.424. The fourth-order valence-electron chi connectivity index (χ4n) is 1.12. The van der Waals surface area contributed by atoms with Gasteiger partial charge in [0.1, 0.15) is 5.52 Å². The molecule has 0 aliphatic carbocycles. The Morgan fingerprint density at radius 3 is 3.25 bits per heavy atom. The van der Waals surface area contributed by atoms with Gasteiger partial charge < -0.3 is 4.52 Å². The third-order valence-electron chi connectivity index (χ3n) is 1.69. The van der Waals surface area contributed by atoms with E-state index < -0.39 is 0 Å². The van der Waals surface area contributed by atoms with Gasteiger partial charge in [-0.3, -0.25) is 0 Å². The van der Waals surface area contributed by atoms with Gasteiger partial charge in [0.2, 0.25) is 0 Å². The summed E-state index contributed by atoms with van der Waals surface area (Å²) in [5.74, 6) is 0. The number of fused-ring (bicyclic) bond motifs is 1. The van der Waals surface area contributed by atoms with Gasteiger partial charge in [0.25, 0.3) is 0 Å². The molecule has 0 amide bonds. The minimum absolute atomic E-state index is 0.725. The van der Waals surface area contributed by atoms with E-state index in [1.165, 1.54) is 5.56 Å². The van der Waals surface area contributed by atoms with Gasteiger partial charge in [-0.15, -0.1) is 11.7 Å². The highest BCUT2D eigenvalue weighted by atomic mass is 16.5. The van der Waals surface area contributed by atoms with Crippen LogP contribution in [-0.4, -0.2) is 10.4 Å². The second kappa shape index (κ2) is 2.77. The average molecular weight is 160 g/mol. The molecular weight excluding hydrogens is 152 g/mol. The third kappa shape index (κ3) is 1.09. The van der Waals surface area contributed by atoms with Crippen LogP contribution in [0.4, 0.5) is 0 Å². The molecule has 0 aliphatic rings. The Morgan fingerprint density at radius 1 is 1.50 bits per heavy atom. The first-order chi connectivity index (χ1) is 5.90. The van der Waals surface area contributed by atoms with Crippen LogP contribution >= 0.6 is 0 Å². The lowest BCUT2D eigenvalue weighted by Crippen LogP contribution is -1.79. The van der Waals surface area contributed by atoms with E-state index in [0.29, 0.717) is 0 Å². The van der Waals surface area contributed by atoms with Crippen molar-refractivity contribution in [1.82, 2.24) is 10.4 Å². The first-order valence-electron chi connectivity index (χ1n) is 3.72. The Balaban J connectivity index is 2.52. The molecule has 0 N–H and O–H groups in total. The molecule has 0 saturated heterocycles. The predicted octanol–water partition coefficient (Wildman–Crippen LogP) is 1.95. The normalized spacial score (nSPS) is 10.3. The van der Waals surface area contributed by atoms with Gasteiger partial charge in [0.05, 0.1) is 0 Å². The van der Waals surface area contributed by atoms with Crippen LogP contribution in [0.3, 0.4) is 0 Å². The molecule has 1 aromatic heterocycles. The standard InChI is InChI=1S/C9H8N2O/c1-2-3-7-4-5-9-8(6-7)10-11-12-9/h2,4-6H,1,3H2. The molecule has 0 aliphatic heterocycles. The Kier molecular flexibility index (Phi) is 1.63. The minimum Gasteiger partial charge on any atom is -0.337 e. The molecule has 12 heavy (non-hydrogen) atoms. The van der Waals surface area contributed by atoms with Crippen LogP contribution in [0.1, 0.15) is 5.56 Å². The van der Waals surface area contributed by atoms with Gasteiger partial charge in [0, 0.05) is 5.27 Å². The first kappa shape index (κ1) is 7.03. The van der Waals surface area contributed by atoms with Crippen molar-refractivity contribution in [2.24, 2.45) is 0 Å². The number of benzene rings is 1. The molecule has 2 aromatic rings. The molecule has 3 nitrogen and oxygen atoms in total. The Labute approximate surface area is 69.7 Å². The summed E-state index contributed by atoms with van der Waals surface area (Å²) in [5.41, 5.74) is 2.70. The summed E-state index contributed by atoms with van der Waals surface area (Å²) in [6.07, 6.45) is 2.71. The van der Waals surface area contributed by atoms with Crippen LogP contribution in [0.25, 0.3) is 11.1 Å². The average Bonchev–Trinajstić information content (AvgIpc) is 2.51. The van der Waals surface area contributed by atoms with Gasteiger partial charge in [-0.2, -0.15) is 0 Å². The zero-order valence-corrected chi connectivity index (χ0v) is 6.53. The molecule has 0 saturated carbocycles. The number of hydrogen-bond acceptors (Lipinski definition) is 3. The highest BCUT2D eigenvalue weighted by Crippen LogP contribution is 2.12. The van der Waals surface area contributed by atoms with Gasteiger partial charge in [-0.25, -0.2) is 0 Å². The lowest BCUT2D eigenvalue weighted by Gasteiger charge is -1.92. The van der Waals surface area contributed by atoms with Gasteiger partial charge in [0.15, 0.2) is 5.58 Å². The number of aromatic nitrogens is 2. The van der Waals surface area contributed by atoms with E-state index in [-0.39, 0.29) is 0 Å². The van der Waals surface area contributed by atoms with E-state index in [1.54, 1.807) is 0 Å². The summed E-state index contributed by atoms with van der Waals surface area (Å²) in [6.45, 7) is 3.66. The Hall–Kier alpha value is -1.64. The summed E-state index contributed by atoms with van der Waals surface area (Å²) in [7, 11) is 0. The quantitative estimate of drug-likeness (QED) is 0.630. The maximum atomic E-state index is 4.86. The Bertz CT molecular complexity index is 406. The van der Waals surface area contributed by atoms with E-state index in [2.05, 4.69) is 16.9 Å². The molecule has 0 unspecified atom stereocenters. The molecule has 60 valence electrons. The number of hydrogen-bond donors (Lipinski definition) is 0. The maximum absolute atomic E-state index is 4.86. The van der Waals surface area contributed by atoms with Gasteiger partial charge in [-0.1, -0.05) is 12.1 Å². The molecule has 0 bridgehead atoms. The van der Waals surface area contributed by atoms with Crippen LogP contribution in [0.2, 0.25) is 0 Å². The fraction of sp³-hybridized carbons (Fsp3) is 0.111. The SMILES string of the molecule is C=CCc1ccc2onnc2c1. The number of nitrogens with zero attached hydrogens (tertiary/aromatic N) is 2. The van der Waals surface area contributed by atoms with Crippen LogP contribution < -0.4 is 0 Å². The number of allylic oxidation sites excluding steroid dienone is 1. The van der Waals surface area contributed by atoms with Crippen molar-refractivity contribution in [3.63, 3.8) is 0 Å². The van der Waals surface area contributed by atoms with Crippen LogP contribution in [-0.2, 0) is 6.42 Å². The zero-order valence-electron chi connectivity index (χ0n) is 6.53.